The predicted octanol–water partition coefficient (Wildman–Crippen LogP) is 2.80. The van der Waals surface area contributed by atoms with Crippen LogP contribution in [0.2, 0.25) is 0 Å². The van der Waals surface area contributed by atoms with E-state index in [2.05, 4.69) is 15.5 Å². The summed E-state index contributed by atoms with van der Waals surface area (Å²) in [7, 11) is 1.47. The summed E-state index contributed by atoms with van der Waals surface area (Å²) in [5.74, 6) is -0.398. The molecule has 1 fully saturated rings. The molecule has 0 saturated carbocycles. The Hall–Kier alpha value is -2.86. The van der Waals surface area contributed by atoms with Crippen molar-refractivity contribution < 1.29 is 14.3 Å². The second-order valence-electron chi connectivity index (χ2n) is 6.58. The molecule has 3 rings (SSSR count). The Kier molecular flexibility index (Phi) is 6.44. The minimum absolute atomic E-state index is 0.0244. The van der Waals surface area contributed by atoms with Gasteiger partial charge in [0, 0.05) is 38.1 Å². The number of nitrogens with zero attached hydrogens (tertiary/aromatic N) is 1. The van der Waals surface area contributed by atoms with Crippen LogP contribution >= 0.6 is 0 Å². The van der Waals surface area contributed by atoms with Gasteiger partial charge in [-0.3, -0.25) is 9.59 Å². The van der Waals surface area contributed by atoms with Gasteiger partial charge in [0.25, 0.3) is 5.91 Å². The van der Waals surface area contributed by atoms with Crippen LogP contribution in [0.25, 0.3) is 0 Å². The molecule has 0 bridgehead atoms. The lowest BCUT2D eigenvalue weighted by Crippen LogP contribution is -2.27. The van der Waals surface area contributed by atoms with Gasteiger partial charge in [0.15, 0.2) is 0 Å². The molecule has 0 spiro atoms. The van der Waals surface area contributed by atoms with Crippen molar-refractivity contribution in [3.05, 3.63) is 59.7 Å². The zero-order valence-electron chi connectivity index (χ0n) is 15.5. The zero-order chi connectivity index (χ0) is 19.1. The van der Waals surface area contributed by atoms with Crippen LogP contribution in [0, 0.1) is 0 Å². The number of ether oxygens (including phenoxy) is 1. The van der Waals surface area contributed by atoms with E-state index in [1.54, 1.807) is 6.07 Å². The summed E-state index contributed by atoms with van der Waals surface area (Å²) in [4.78, 5) is 26.9. The van der Waals surface area contributed by atoms with Crippen LogP contribution < -0.4 is 15.5 Å². The molecule has 0 unspecified atom stereocenters. The van der Waals surface area contributed by atoms with Crippen LogP contribution in [0.1, 0.15) is 28.8 Å². The van der Waals surface area contributed by atoms with Gasteiger partial charge in [-0.15, -0.1) is 0 Å². The summed E-state index contributed by atoms with van der Waals surface area (Å²) in [6.45, 7) is 2.31. The standard InChI is InChI=1S/C21H25N3O3/c1-27-15-20(25)23-17-9-10-19(24-11-5-6-12-24)18(13-17)21(26)22-14-16-7-3-2-4-8-16/h2-4,7-10,13H,5-6,11-12,14-15H2,1H3,(H,22,26)(H,23,25). The van der Waals surface area contributed by atoms with Gasteiger partial charge in [0.05, 0.1) is 5.56 Å². The first-order chi connectivity index (χ1) is 13.2. The van der Waals surface area contributed by atoms with Crippen molar-refractivity contribution in [1.29, 1.82) is 0 Å². The molecule has 2 N–H and O–H groups in total. The molecule has 2 amide bonds. The number of carbonyl (C=O) groups excluding carboxylic acids is 2. The molecule has 6 nitrogen and oxygen atoms in total. The van der Waals surface area contributed by atoms with Crippen LogP contribution in [-0.4, -0.2) is 38.6 Å². The van der Waals surface area contributed by atoms with Gasteiger partial charge < -0.3 is 20.3 Å². The summed E-state index contributed by atoms with van der Waals surface area (Å²) in [6.07, 6.45) is 2.24. The minimum Gasteiger partial charge on any atom is -0.375 e. The molecule has 0 radical (unpaired) electrons. The molecule has 142 valence electrons. The highest BCUT2D eigenvalue weighted by atomic mass is 16.5. The first-order valence-electron chi connectivity index (χ1n) is 9.17. The molecule has 27 heavy (non-hydrogen) atoms. The van der Waals surface area contributed by atoms with E-state index in [0.717, 1.165) is 37.2 Å². The average Bonchev–Trinajstić information content (AvgIpc) is 3.21. The number of methoxy groups -OCH3 is 1. The Morgan fingerprint density at radius 2 is 1.81 bits per heavy atom. The fourth-order valence-corrected chi connectivity index (χ4v) is 3.23. The molecular formula is C21H25N3O3. The second kappa shape index (κ2) is 9.19. The Labute approximate surface area is 159 Å². The van der Waals surface area contributed by atoms with E-state index in [-0.39, 0.29) is 18.4 Å². The molecule has 1 aliphatic heterocycles. The summed E-state index contributed by atoms with van der Waals surface area (Å²) < 4.78 is 4.85. The van der Waals surface area contributed by atoms with E-state index >= 15 is 0 Å². The quantitative estimate of drug-likeness (QED) is 0.789. The van der Waals surface area contributed by atoms with Crippen LogP contribution in [-0.2, 0) is 16.1 Å². The number of amides is 2. The first kappa shape index (κ1) is 18.9. The molecule has 0 aromatic heterocycles. The molecule has 0 atom stereocenters. The smallest absolute Gasteiger partial charge is 0.253 e. The Morgan fingerprint density at radius 1 is 1.07 bits per heavy atom. The van der Waals surface area contributed by atoms with Gasteiger partial charge in [0.2, 0.25) is 5.91 Å². The lowest BCUT2D eigenvalue weighted by Gasteiger charge is -2.22. The first-order valence-corrected chi connectivity index (χ1v) is 9.17. The highest BCUT2D eigenvalue weighted by Crippen LogP contribution is 2.27. The maximum atomic E-state index is 12.9. The van der Waals surface area contributed by atoms with Crippen molar-refractivity contribution in [1.82, 2.24) is 5.32 Å². The lowest BCUT2D eigenvalue weighted by molar-refractivity contribution is -0.119. The van der Waals surface area contributed by atoms with E-state index < -0.39 is 0 Å². The summed E-state index contributed by atoms with van der Waals surface area (Å²) in [5.41, 5.74) is 3.11. The van der Waals surface area contributed by atoms with Gasteiger partial charge >= 0.3 is 0 Å². The van der Waals surface area contributed by atoms with E-state index in [0.29, 0.717) is 17.8 Å². The fourth-order valence-electron chi connectivity index (χ4n) is 3.23. The van der Waals surface area contributed by atoms with Crippen molar-refractivity contribution in [2.45, 2.75) is 19.4 Å². The maximum absolute atomic E-state index is 12.9. The van der Waals surface area contributed by atoms with Crippen LogP contribution in [0.3, 0.4) is 0 Å². The number of benzene rings is 2. The molecule has 2 aromatic rings. The molecule has 0 aliphatic carbocycles. The minimum atomic E-state index is -0.248. The number of nitrogens with one attached hydrogen (secondary N) is 2. The molecule has 1 saturated heterocycles. The van der Waals surface area contributed by atoms with Crippen LogP contribution in [0.4, 0.5) is 11.4 Å². The Bertz CT molecular complexity index is 787. The van der Waals surface area contributed by atoms with Gasteiger partial charge in [-0.25, -0.2) is 0 Å². The average molecular weight is 367 g/mol. The van der Waals surface area contributed by atoms with E-state index in [1.807, 2.05) is 42.5 Å². The van der Waals surface area contributed by atoms with E-state index in [9.17, 15) is 9.59 Å². The van der Waals surface area contributed by atoms with Gasteiger partial charge in [-0.1, -0.05) is 30.3 Å². The normalized spacial score (nSPS) is 13.4. The molecule has 1 aliphatic rings. The third-order valence-corrected chi connectivity index (χ3v) is 4.54. The summed E-state index contributed by atoms with van der Waals surface area (Å²) in [6, 6.07) is 15.3. The number of carbonyl (C=O) groups is 2. The maximum Gasteiger partial charge on any atom is 0.253 e. The van der Waals surface area contributed by atoms with Crippen molar-refractivity contribution in [2.75, 3.05) is 37.0 Å². The van der Waals surface area contributed by atoms with Gasteiger partial charge in [-0.2, -0.15) is 0 Å². The monoisotopic (exact) mass is 367 g/mol. The topological polar surface area (TPSA) is 70.7 Å². The largest absolute Gasteiger partial charge is 0.375 e. The SMILES string of the molecule is COCC(=O)Nc1ccc(N2CCCC2)c(C(=O)NCc2ccccc2)c1. The third-order valence-electron chi connectivity index (χ3n) is 4.54. The number of hydrogen-bond donors (Lipinski definition) is 2. The van der Waals surface area contributed by atoms with Crippen molar-refractivity contribution in [3.8, 4) is 0 Å². The zero-order valence-corrected chi connectivity index (χ0v) is 15.5. The second-order valence-corrected chi connectivity index (χ2v) is 6.58. The third kappa shape index (κ3) is 5.08. The van der Waals surface area contributed by atoms with Crippen molar-refractivity contribution in [3.63, 3.8) is 0 Å². The van der Waals surface area contributed by atoms with E-state index in [1.165, 1.54) is 7.11 Å². The predicted molar refractivity (Wildman–Crippen MR) is 106 cm³/mol. The fraction of sp³-hybridized carbons (Fsp3) is 0.333. The Balaban J connectivity index is 1.79. The summed E-state index contributed by atoms with van der Waals surface area (Å²) >= 11 is 0. The number of rotatable bonds is 7. The number of hydrogen-bond acceptors (Lipinski definition) is 4. The van der Waals surface area contributed by atoms with Gasteiger partial charge in [0.1, 0.15) is 6.61 Å². The van der Waals surface area contributed by atoms with E-state index in [4.69, 9.17) is 4.74 Å². The lowest BCUT2D eigenvalue weighted by atomic mass is 10.1. The van der Waals surface area contributed by atoms with Crippen molar-refractivity contribution in [2.24, 2.45) is 0 Å². The molecule has 6 heteroatoms. The highest BCUT2D eigenvalue weighted by molar-refractivity contribution is 6.02. The molecule has 2 aromatic carbocycles. The van der Waals surface area contributed by atoms with Crippen LogP contribution in [0.15, 0.2) is 48.5 Å². The molecule has 1 heterocycles. The number of anilines is 2. The van der Waals surface area contributed by atoms with Gasteiger partial charge in [-0.05, 0) is 36.6 Å². The summed E-state index contributed by atoms with van der Waals surface area (Å²) in [5, 5.41) is 5.75. The van der Waals surface area contributed by atoms with Crippen LogP contribution in [0.5, 0.6) is 0 Å². The highest BCUT2D eigenvalue weighted by Gasteiger charge is 2.20. The Morgan fingerprint density at radius 3 is 2.52 bits per heavy atom. The molecular weight excluding hydrogens is 342 g/mol. The van der Waals surface area contributed by atoms with Crippen molar-refractivity contribution >= 4 is 23.2 Å².